The van der Waals surface area contributed by atoms with Crippen LogP contribution in [0.25, 0.3) is 0 Å². The van der Waals surface area contributed by atoms with Gasteiger partial charge >= 0.3 is 5.97 Å². The molecule has 4 nitrogen and oxygen atoms in total. The van der Waals surface area contributed by atoms with Gasteiger partial charge in [0, 0.05) is 17.4 Å². The van der Waals surface area contributed by atoms with E-state index in [1.54, 1.807) is 25.2 Å². The molecule has 27 heavy (non-hydrogen) atoms. The molecule has 4 heteroatoms. The van der Waals surface area contributed by atoms with Crippen LogP contribution in [0.1, 0.15) is 53.9 Å². The number of hydrogen-bond acceptors (Lipinski definition) is 4. The molecular weight excluding hydrogens is 340 g/mol. The van der Waals surface area contributed by atoms with Gasteiger partial charge in [-0.05, 0) is 43.8 Å². The first-order valence-electron chi connectivity index (χ1n) is 9.66. The van der Waals surface area contributed by atoms with Gasteiger partial charge < -0.3 is 9.84 Å². The Morgan fingerprint density at radius 2 is 1.85 bits per heavy atom. The molecule has 0 saturated heterocycles. The summed E-state index contributed by atoms with van der Waals surface area (Å²) in [7, 11) is 0. The fourth-order valence-electron chi connectivity index (χ4n) is 5.12. The summed E-state index contributed by atoms with van der Waals surface area (Å²) in [5.74, 6) is -0.567. The lowest BCUT2D eigenvalue weighted by molar-refractivity contribution is -0.184. The number of aliphatic hydroxyl groups is 1. The van der Waals surface area contributed by atoms with E-state index in [0.29, 0.717) is 11.9 Å². The van der Waals surface area contributed by atoms with Crippen molar-refractivity contribution < 1.29 is 19.4 Å². The molecule has 0 heterocycles. The Morgan fingerprint density at radius 1 is 1.19 bits per heavy atom. The molecule has 4 atom stereocenters. The van der Waals surface area contributed by atoms with Crippen molar-refractivity contribution in [1.29, 1.82) is 0 Å². The van der Waals surface area contributed by atoms with Gasteiger partial charge in [0.1, 0.15) is 11.7 Å². The number of esters is 1. The normalized spacial score (nSPS) is 36.0. The second-order valence-electron chi connectivity index (χ2n) is 8.64. The van der Waals surface area contributed by atoms with Crippen LogP contribution < -0.4 is 0 Å². The van der Waals surface area contributed by atoms with Crippen LogP contribution in [0.4, 0.5) is 0 Å². The van der Waals surface area contributed by atoms with Gasteiger partial charge in [-0.25, -0.2) is 4.79 Å². The third-order valence-corrected chi connectivity index (χ3v) is 6.44. The molecule has 2 rings (SSSR count). The molecule has 2 aliphatic carbocycles. The van der Waals surface area contributed by atoms with E-state index in [0.717, 1.165) is 19.3 Å². The molecule has 0 spiro atoms. The van der Waals surface area contributed by atoms with Crippen LogP contribution in [-0.4, -0.2) is 29.1 Å². The summed E-state index contributed by atoms with van der Waals surface area (Å²) in [6, 6.07) is 0. The molecule has 0 aromatic rings. The summed E-state index contributed by atoms with van der Waals surface area (Å²) < 4.78 is 5.80. The molecule has 0 bridgehead atoms. The molecule has 0 amide bonds. The molecule has 0 aromatic carbocycles. The van der Waals surface area contributed by atoms with E-state index in [1.807, 2.05) is 32.1 Å². The molecule has 148 valence electrons. The van der Waals surface area contributed by atoms with Gasteiger partial charge in [0.25, 0.3) is 0 Å². The summed E-state index contributed by atoms with van der Waals surface area (Å²) in [6.45, 7) is 9.88. The largest absolute Gasteiger partial charge is 0.455 e. The maximum Gasteiger partial charge on any atom is 0.331 e. The Bertz CT molecular complexity index is 697. The fraction of sp³-hybridized carbons (Fsp3) is 0.565. The molecule has 0 aliphatic heterocycles. The van der Waals surface area contributed by atoms with E-state index in [2.05, 4.69) is 13.8 Å². The van der Waals surface area contributed by atoms with Crippen molar-refractivity contribution in [3.8, 4) is 0 Å². The highest BCUT2D eigenvalue weighted by atomic mass is 16.5. The maximum atomic E-state index is 12.3. The number of fused-ring (bicyclic) bond motifs is 1. The Balaban J connectivity index is 2.35. The molecule has 0 aromatic heterocycles. The van der Waals surface area contributed by atoms with E-state index in [4.69, 9.17) is 4.74 Å². The first-order chi connectivity index (χ1) is 12.6. The first-order valence-corrected chi connectivity index (χ1v) is 9.66. The molecular formula is C23H32O4. The lowest BCUT2D eigenvalue weighted by Crippen LogP contribution is -2.63. The van der Waals surface area contributed by atoms with Crippen LogP contribution in [0.3, 0.4) is 0 Å². The summed E-state index contributed by atoms with van der Waals surface area (Å²) in [4.78, 5) is 24.2. The maximum absolute atomic E-state index is 12.3. The third kappa shape index (κ3) is 3.86. The van der Waals surface area contributed by atoms with Crippen molar-refractivity contribution in [3.63, 3.8) is 0 Å². The minimum absolute atomic E-state index is 0.145. The Labute approximate surface area is 162 Å². The number of aldehydes is 1. The van der Waals surface area contributed by atoms with Crippen molar-refractivity contribution in [2.75, 3.05) is 0 Å². The number of hydrogen-bond donors (Lipinski definition) is 1. The van der Waals surface area contributed by atoms with Crippen molar-refractivity contribution in [2.24, 2.45) is 16.7 Å². The quantitative estimate of drug-likeness (QED) is 0.257. The number of ether oxygens (including phenoxy) is 1. The van der Waals surface area contributed by atoms with Gasteiger partial charge in [-0.3, -0.25) is 4.79 Å². The average molecular weight is 373 g/mol. The van der Waals surface area contributed by atoms with E-state index in [-0.39, 0.29) is 11.3 Å². The standard InChI is InChI=1S/C23H32O4/c1-6-7-8-9-10-12-19(25)27-18-15-17(2)23(26,16-24)22(5)14-11-13-21(3,4)20(18)22/h6-10,12,15-16,18,20,26H,11,13-14H2,1-5H3. The second kappa shape index (κ2) is 7.97. The Kier molecular flexibility index (Phi) is 6.31. The lowest BCUT2D eigenvalue weighted by atomic mass is 9.46. The smallest absolute Gasteiger partial charge is 0.331 e. The van der Waals surface area contributed by atoms with Crippen molar-refractivity contribution in [2.45, 2.75) is 65.6 Å². The SMILES string of the molecule is CC=CC=CC=CC(=O)OC1C=C(C)C(O)(C=O)C2(C)CCCC(C)(C)C12. The van der Waals surface area contributed by atoms with Gasteiger partial charge in [0.15, 0.2) is 6.29 Å². The fourth-order valence-corrected chi connectivity index (χ4v) is 5.12. The van der Waals surface area contributed by atoms with Gasteiger partial charge in [-0.1, -0.05) is 57.6 Å². The Hall–Kier alpha value is -1.94. The summed E-state index contributed by atoms with van der Waals surface area (Å²) >= 11 is 0. The zero-order valence-electron chi connectivity index (χ0n) is 17.1. The van der Waals surface area contributed by atoms with Crippen LogP contribution >= 0.6 is 0 Å². The predicted octanol–water partition coefficient (Wildman–Crippen LogP) is 4.31. The third-order valence-electron chi connectivity index (χ3n) is 6.44. The first kappa shape index (κ1) is 21.4. The number of rotatable bonds is 5. The summed E-state index contributed by atoms with van der Waals surface area (Å²) in [5, 5.41) is 11.2. The molecule has 1 saturated carbocycles. The summed E-state index contributed by atoms with van der Waals surface area (Å²) in [6.07, 6.45) is 15.0. The molecule has 1 fully saturated rings. The van der Waals surface area contributed by atoms with E-state index >= 15 is 0 Å². The molecule has 0 radical (unpaired) electrons. The van der Waals surface area contributed by atoms with Crippen LogP contribution in [0.2, 0.25) is 0 Å². The lowest BCUT2D eigenvalue weighted by Gasteiger charge is -2.60. The van der Waals surface area contributed by atoms with Crippen molar-refractivity contribution in [3.05, 3.63) is 48.1 Å². The molecule has 1 N–H and O–H groups in total. The number of carbonyl (C=O) groups excluding carboxylic acids is 2. The highest BCUT2D eigenvalue weighted by Crippen LogP contribution is 2.61. The van der Waals surface area contributed by atoms with Gasteiger partial charge in [-0.15, -0.1) is 0 Å². The van der Waals surface area contributed by atoms with Crippen LogP contribution in [0.5, 0.6) is 0 Å². The monoisotopic (exact) mass is 372 g/mol. The topological polar surface area (TPSA) is 63.6 Å². The average Bonchev–Trinajstić information content (AvgIpc) is 2.58. The van der Waals surface area contributed by atoms with Crippen molar-refractivity contribution >= 4 is 12.3 Å². The minimum Gasteiger partial charge on any atom is -0.455 e. The molecule has 2 aliphatic rings. The van der Waals surface area contributed by atoms with Crippen LogP contribution in [0, 0.1) is 16.7 Å². The van der Waals surface area contributed by atoms with Gasteiger partial charge in [0.2, 0.25) is 0 Å². The second-order valence-corrected chi connectivity index (χ2v) is 8.64. The van der Waals surface area contributed by atoms with E-state index in [9.17, 15) is 14.7 Å². The van der Waals surface area contributed by atoms with Crippen LogP contribution in [0.15, 0.2) is 48.1 Å². The van der Waals surface area contributed by atoms with E-state index in [1.165, 1.54) is 6.08 Å². The minimum atomic E-state index is -1.52. The number of allylic oxidation sites excluding steroid dienone is 5. The Morgan fingerprint density at radius 3 is 2.48 bits per heavy atom. The zero-order valence-corrected chi connectivity index (χ0v) is 17.1. The van der Waals surface area contributed by atoms with Gasteiger partial charge in [0.05, 0.1) is 0 Å². The predicted molar refractivity (Wildman–Crippen MR) is 107 cm³/mol. The van der Waals surface area contributed by atoms with Gasteiger partial charge in [-0.2, -0.15) is 0 Å². The summed E-state index contributed by atoms with van der Waals surface area (Å²) in [5.41, 5.74) is -1.80. The van der Waals surface area contributed by atoms with Crippen molar-refractivity contribution in [1.82, 2.24) is 0 Å². The zero-order chi connectivity index (χ0) is 20.3. The highest BCUT2D eigenvalue weighted by Gasteiger charge is 2.63. The van der Waals surface area contributed by atoms with Crippen LogP contribution in [-0.2, 0) is 14.3 Å². The number of carbonyl (C=O) groups is 2. The molecule has 4 unspecified atom stereocenters. The highest BCUT2D eigenvalue weighted by molar-refractivity contribution is 5.82. The van der Waals surface area contributed by atoms with E-state index < -0.39 is 23.1 Å².